The molecule has 0 saturated carbocycles. The molecule has 1 aromatic carbocycles. The highest BCUT2D eigenvalue weighted by molar-refractivity contribution is 6.33. The van der Waals surface area contributed by atoms with E-state index in [0.717, 1.165) is 43.4 Å². The summed E-state index contributed by atoms with van der Waals surface area (Å²) >= 11 is 6.18. The van der Waals surface area contributed by atoms with Crippen LogP contribution in [-0.4, -0.2) is 37.6 Å². The first-order valence-electron chi connectivity index (χ1n) is 5.90. The summed E-state index contributed by atoms with van der Waals surface area (Å²) < 4.78 is 0. The highest BCUT2D eigenvalue weighted by Crippen LogP contribution is 2.25. The summed E-state index contributed by atoms with van der Waals surface area (Å²) in [5.41, 5.74) is 1.12. The molecule has 2 rings (SSSR count). The van der Waals surface area contributed by atoms with Crippen molar-refractivity contribution in [3.8, 4) is 6.07 Å². The average molecular weight is 250 g/mol. The van der Waals surface area contributed by atoms with E-state index in [2.05, 4.69) is 21.9 Å². The summed E-state index contributed by atoms with van der Waals surface area (Å²) in [6, 6.07) is 10.2. The van der Waals surface area contributed by atoms with Crippen LogP contribution in [-0.2, 0) is 0 Å². The van der Waals surface area contributed by atoms with E-state index < -0.39 is 0 Å². The fraction of sp³-hybridized carbons (Fsp3) is 0.462. The van der Waals surface area contributed by atoms with Crippen LogP contribution in [0.5, 0.6) is 0 Å². The molecule has 90 valence electrons. The first-order chi connectivity index (χ1) is 8.31. The molecule has 0 spiro atoms. The van der Waals surface area contributed by atoms with Gasteiger partial charge in [0.2, 0.25) is 0 Å². The van der Waals surface area contributed by atoms with Crippen molar-refractivity contribution in [1.29, 1.82) is 5.26 Å². The maximum absolute atomic E-state index is 8.56. The van der Waals surface area contributed by atoms with E-state index in [9.17, 15) is 0 Å². The van der Waals surface area contributed by atoms with Gasteiger partial charge in [-0.15, -0.1) is 0 Å². The molecule has 0 bridgehead atoms. The van der Waals surface area contributed by atoms with Crippen LogP contribution in [0.15, 0.2) is 24.3 Å². The zero-order chi connectivity index (χ0) is 12.1. The van der Waals surface area contributed by atoms with E-state index in [1.807, 2.05) is 18.2 Å². The number of halogens is 1. The Balaban J connectivity index is 1.91. The monoisotopic (exact) mass is 249 g/mol. The number of hydrogen-bond donors (Lipinski definition) is 0. The Hall–Kier alpha value is -1.24. The molecule has 3 nitrogen and oxygen atoms in total. The minimum atomic E-state index is 0.617. The van der Waals surface area contributed by atoms with Crippen LogP contribution in [0, 0.1) is 11.3 Å². The Morgan fingerprint density at radius 1 is 1.18 bits per heavy atom. The molecule has 4 heteroatoms. The molecule has 0 radical (unpaired) electrons. The van der Waals surface area contributed by atoms with Crippen molar-refractivity contribution in [2.45, 2.75) is 6.42 Å². The van der Waals surface area contributed by atoms with E-state index in [4.69, 9.17) is 16.9 Å². The van der Waals surface area contributed by atoms with Gasteiger partial charge in [-0.2, -0.15) is 5.26 Å². The van der Waals surface area contributed by atoms with Crippen LogP contribution < -0.4 is 4.90 Å². The van der Waals surface area contributed by atoms with Crippen molar-refractivity contribution in [1.82, 2.24) is 4.90 Å². The molecule has 0 N–H and O–H groups in total. The van der Waals surface area contributed by atoms with Gasteiger partial charge in [0.25, 0.3) is 0 Å². The number of benzene rings is 1. The van der Waals surface area contributed by atoms with Gasteiger partial charge in [-0.05, 0) is 12.1 Å². The summed E-state index contributed by atoms with van der Waals surface area (Å²) in [5.74, 6) is 0. The fourth-order valence-electron chi connectivity index (χ4n) is 2.13. The van der Waals surface area contributed by atoms with Gasteiger partial charge in [-0.25, -0.2) is 0 Å². The Labute approximate surface area is 107 Å². The number of hydrogen-bond acceptors (Lipinski definition) is 3. The first-order valence-corrected chi connectivity index (χ1v) is 6.28. The molecule has 0 atom stereocenters. The second kappa shape index (κ2) is 5.90. The lowest BCUT2D eigenvalue weighted by molar-refractivity contribution is 0.263. The number of nitriles is 1. The standard InChI is InChI=1S/C13H16ClN3/c14-12-4-1-2-5-13(12)17-10-8-16(9-11-17)7-3-6-15/h1-2,4-5H,3,7-11H2. The Morgan fingerprint density at radius 2 is 1.88 bits per heavy atom. The predicted molar refractivity (Wildman–Crippen MR) is 70.3 cm³/mol. The lowest BCUT2D eigenvalue weighted by Crippen LogP contribution is -2.46. The van der Waals surface area contributed by atoms with Gasteiger partial charge in [0, 0.05) is 39.1 Å². The van der Waals surface area contributed by atoms with Crippen LogP contribution in [0.25, 0.3) is 0 Å². The van der Waals surface area contributed by atoms with E-state index in [0.29, 0.717) is 6.42 Å². The van der Waals surface area contributed by atoms with Crippen LogP contribution in [0.4, 0.5) is 5.69 Å². The number of piperazine rings is 1. The molecule has 1 aliphatic heterocycles. The lowest BCUT2D eigenvalue weighted by atomic mass is 10.2. The lowest BCUT2D eigenvalue weighted by Gasteiger charge is -2.36. The molecule has 0 amide bonds. The SMILES string of the molecule is N#CCCN1CCN(c2ccccc2Cl)CC1. The predicted octanol–water partition coefficient (Wildman–Crippen LogP) is 2.38. The zero-order valence-corrected chi connectivity index (χ0v) is 10.5. The fourth-order valence-corrected chi connectivity index (χ4v) is 2.38. The number of anilines is 1. The highest BCUT2D eigenvalue weighted by atomic mass is 35.5. The van der Waals surface area contributed by atoms with Crippen molar-refractivity contribution in [3.05, 3.63) is 29.3 Å². The molecule has 1 aliphatic rings. The molecule has 1 fully saturated rings. The van der Waals surface area contributed by atoms with E-state index in [-0.39, 0.29) is 0 Å². The van der Waals surface area contributed by atoms with Gasteiger partial charge < -0.3 is 4.90 Å². The van der Waals surface area contributed by atoms with Crippen LogP contribution in [0.1, 0.15) is 6.42 Å². The van der Waals surface area contributed by atoms with Crippen LogP contribution in [0.2, 0.25) is 5.02 Å². The van der Waals surface area contributed by atoms with E-state index in [1.54, 1.807) is 0 Å². The number of nitrogens with zero attached hydrogens (tertiary/aromatic N) is 3. The van der Waals surface area contributed by atoms with E-state index >= 15 is 0 Å². The van der Waals surface area contributed by atoms with Gasteiger partial charge in [-0.1, -0.05) is 23.7 Å². The molecule has 0 aliphatic carbocycles. The Kier molecular flexibility index (Phi) is 4.24. The van der Waals surface area contributed by atoms with Crippen molar-refractivity contribution < 1.29 is 0 Å². The Bertz CT molecular complexity index is 405. The smallest absolute Gasteiger partial charge is 0.0639 e. The van der Waals surface area contributed by atoms with Crippen molar-refractivity contribution >= 4 is 17.3 Å². The van der Waals surface area contributed by atoms with Gasteiger partial charge >= 0.3 is 0 Å². The summed E-state index contributed by atoms with van der Waals surface area (Å²) in [4.78, 5) is 4.64. The normalized spacial score (nSPS) is 16.8. The zero-order valence-electron chi connectivity index (χ0n) is 9.77. The van der Waals surface area contributed by atoms with E-state index in [1.165, 1.54) is 0 Å². The minimum Gasteiger partial charge on any atom is -0.368 e. The van der Waals surface area contributed by atoms with Gasteiger partial charge in [0.1, 0.15) is 0 Å². The van der Waals surface area contributed by atoms with Gasteiger partial charge in [0.15, 0.2) is 0 Å². The Morgan fingerprint density at radius 3 is 2.53 bits per heavy atom. The molecule has 0 aromatic heterocycles. The maximum Gasteiger partial charge on any atom is 0.0639 e. The molecule has 0 unspecified atom stereocenters. The summed E-state index contributed by atoms with van der Waals surface area (Å²) in [6.45, 7) is 4.86. The molecular weight excluding hydrogens is 234 g/mol. The molecular formula is C13H16ClN3. The van der Waals surface area contributed by atoms with Crippen molar-refractivity contribution in [2.75, 3.05) is 37.6 Å². The number of rotatable bonds is 3. The average Bonchev–Trinajstić information content (AvgIpc) is 2.38. The third-order valence-electron chi connectivity index (χ3n) is 3.11. The molecule has 1 aromatic rings. The minimum absolute atomic E-state index is 0.617. The largest absolute Gasteiger partial charge is 0.368 e. The molecule has 17 heavy (non-hydrogen) atoms. The third kappa shape index (κ3) is 3.12. The first kappa shape index (κ1) is 12.2. The second-order valence-electron chi connectivity index (χ2n) is 4.19. The quantitative estimate of drug-likeness (QED) is 0.824. The maximum atomic E-state index is 8.56. The van der Waals surface area contributed by atoms with Crippen molar-refractivity contribution in [2.24, 2.45) is 0 Å². The van der Waals surface area contributed by atoms with Crippen molar-refractivity contribution in [3.63, 3.8) is 0 Å². The van der Waals surface area contributed by atoms with Crippen LogP contribution >= 0.6 is 11.6 Å². The van der Waals surface area contributed by atoms with Gasteiger partial charge in [-0.3, -0.25) is 4.90 Å². The van der Waals surface area contributed by atoms with Crippen LogP contribution in [0.3, 0.4) is 0 Å². The third-order valence-corrected chi connectivity index (χ3v) is 3.42. The highest BCUT2D eigenvalue weighted by Gasteiger charge is 2.17. The second-order valence-corrected chi connectivity index (χ2v) is 4.60. The molecule has 1 heterocycles. The topological polar surface area (TPSA) is 30.3 Å². The number of para-hydroxylation sites is 1. The summed E-state index contributed by atoms with van der Waals surface area (Å²) in [6.07, 6.45) is 0.617. The van der Waals surface area contributed by atoms with Gasteiger partial charge in [0.05, 0.1) is 16.8 Å². The summed E-state index contributed by atoms with van der Waals surface area (Å²) in [5, 5.41) is 9.38. The summed E-state index contributed by atoms with van der Waals surface area (Å²) in [7, 11) is 0. The molecule has 1 saturated heterocycles.